The van der Waals surface area contributed by atoms with Gasteiger partial charge in [-0.25, -0.2) is 0 Å². The summed E-state index contributed by atoms with van der Waals surface area (Å²) in [5.41, 5.74) is 7.01. The molecule has 0 spiro atoms. The minimum atomic E-state index is -0.175. The Bertz CT molecular complexity index is 682. The lowest BCUT2D eigenvalue weighted by Crippen LogP contribution is -2.14. The summed E-state index contributed by atoms with van der Waals surface area (Å²) in [6.07, 6.45) is 0. The molecule has 7 heteroatoms. The summed E-state index contributed by atoms with van der Waals surface area (Å²) >= 11 is 16.6. The molecule has 2 aromatic rings. The quantitative estimate of drug-likeness (QED) is 0.551. The van der Waals surface area contributed by atoms with Crippen LogP contribution in [0.4, 0.5) is 11.4 Å². The van der Waals surface area contributed by atoms with Crippen molar-refractivity contribution in [2.45, 2.75) is 4.90 Å². The average Bonchev–Trinajstić information content (AvgIpc) is 2.42. The second-order valence-electron chi connectivity index (χ2n) is 4.14. The van der Waals surface area contributed by atoms with Crippen LogP contribution in [0.5, 0.6) is 0 Å². The van der Waals surface area contributed by atoms with E-state index < -0.39 is 0 Å². The van der Waals surface area contributed by atoms with E-state index in [1.165, 1.54) is 11.8 Å². The van der Waals surface area contributed by atoms with Gasteiger partial charge in [-0.3, -0.25) is 4.79 Å². The van der Waals surface area contributed by atoms with Gasteiger partial charge in [-0.15, -0.1) is 11.8 Å². The fourth-order valence-electron chi connectivity index (χ4n) is 1.57. The van der Waals surface area contributed by atoms with Gasteiger partial charge < -0.3 is 11.1 Å². The van der Waals surface area contributed by atoms with Crippen molar-refractivity contribution in [2.75, 3.05) is 16.8 Å². The van der Waals surface area contributed by atoms with Crippen LogP contribution in [0.2, 0.25) is 10.0 Å². The molecule has 3 nitrogen and oxygen atoms in total. The van der Waals surface area contributed by atoms with Crippen LogP contribution >= 0.6 is 50.9 Å². The molecule has 1 amide bonds. The van der Waals surface area contributed by atoms with Gasteiger partial charge in [-0.1, -0.05) is 39.1 Å². The lowest BCUT2D eigenvalue weighted by molar-refractivity contribution is -0.113. The zero-order valence-corrected chi connectivity index (χ0v) is 14.6. The molecule has 0 atom stereocenters. The van der Waals surface area contributed by atoms with Gasteiger partial charge in [0.2, 0.25) is 5.91 Å². The lowest BCUT2D eigenvalue weighted by Gasteiger charge is -2.09. The van der Waals surface area contributed by atoms with Crippen LogP contribution in [0.25, 0.3) is 0 Å². The maximum absolute atomic E-state index is 11.9. The van der Waals surface area contributed by atoms with Crippen molar-refractivity contribution in [3.63, 3.8) is 0 Å². The van der Waals surface area contributed by atoms with Crippen LogP contribution in [-0.4, -0.2) is 11.7 Å². The largest absolute Gasteiger partial charge is 0.398 e. The molecule has 0 heterocycles. The number of nitrogen functional groups attached to an aromatic ring is 1. The van der Waals surface area contributed by atoms with Crippen molar-refractivity contribution in [1.29, 1.82) is 0 Å². The molecule has 0 fully saturated rings. The third-order valence-corrected chi connectivity index (χ3v) is 4.68. The minimum Gasteiger partial charge on any atom is -0.398 e. The normalized spacial score (nSPS) is 10.4. The Hall–Kier alpha value is -0.880. The highest BCUT2D eigenvalue weighted by Gasteiger charge is 2.09. The third-order valence-electron chi connectivity index (χ3n) is 2.53. The smallest absolute Gasteiger partial charge is 0.234 e. The predicted octanol–water partition coefficient (Wildman–Crippen LogP) is 5.07. The highest BCUT2D eigenvalue weighted by Crippen LogP contribution is 2.29. The fourth-order valence-corrected chi connectivity index (χ4v) is 3.04. The second kappa shape index (κ2) is 7.40. The number of halogens is 3. The molecular formula is C14H11BrCl2N2OS. The van der Waals surface area contributed by atoms with Crippen molar-refractivity contribution in [3.8, 4) is 0 Å². The number of hydrogen-bond acceptors (Lipinski definition) is 3. The highest BCUT2D eigenvalue weighted by atomic mass is 79.9. The molecule has 0 aliphatic heterocycles. The Morgan fingerprint density at radius 1 is 1.24 bits per heavy atom. The summed E-state index contributed by atoms with van der Waals surface area (Å²) in [6.45, 7) is 0. The molecule has 0 aliphatic carbocycles. The van der Waals surface area contributed by atoms with Crippen LogP contribution in [0.15, 0.2) is 45.8 Å². The molecule has 2 rings (SSSR count). The molecule has 0 saturated carbocycles. The molecule has 0 bridgehead atoms. The van der Waals surface area contributed by atoms with Crippen molar-refractivity contribution in [2.24, 2.45) is 0 Å². The van der Waals surface area contributed by atoms with Gasteiger partial charge in [0.05, 0.1) is 16.5 Å². The van der Waals surface area contributed by atoms with Gasteiger partial charge in [0.15, 0.2) is 0 Å². The average molecular weight is 406 g/mol. The summed E-state index contributed by atoms with van der Waals surface area (Å²) in [5.74, 6) is 0.0563. The van der Waals surface area contributed by atoms with E-state index in [0.29, 0.717) is 21.4 Å². The zero-order chi connectivity index (χ0) is 15.4. The molecule has 0 aliphatic rings. The number of nitrogens with one attached hydrogen (secondary N) is 1. The predicted molar refractivity (Wildman–Crippen MR) is 94.4 cm³/mol. The zero-order valence-electron chi connectivity index (χ0n) is 10.7. The minimum absolute atomic E-state index is 0.175. The van der Waals surface area contributed by atoms with Crippen molar-refractivity contribution < 1.29 is 4.79 Å². The van der Waals surface area contributed by atoms with Gasteiger partial charge >= 0.3 is 0 Å². The Morgan fingerprint density at radius 2 is 2.00 bits per heavy atom. The molecule has 0 radical (unpaired) electrons. The summed E-state index contributed by atoms with van der Waals surface area (Å²) < 4.78 is 0.902. The van der Waals surface area contributed by atoms with Crippen LogP contribution in [0.3, 0.4) is 0 Å². The number of nitrogens with two attached hydrogens (primary N) is 1. The Labute approximate surface area is 145 Å². The standard InChI is InChI=1S/C14H11BrCl2N2OS/c15-8-1-4-13(11(18)5-8)21-7-14(20)19-12-6-9(16)2-3-10(12)17/h1-6H,7,18H2,(H,19,20). The van der Waals surface area contributed by atoms with Crippen LogP contribution in [0, 0.1) is 0 Å². The number of amides is 1. The summed E-state index contributed by atoms with van der Waals surface area (Å²) in [7, 11) is 0. The SMILES string of the molecule is Nc1cc(Br)ccc1SCC(=O)Nc1cc(Cl)ccc1Cl. The van der Waals surface area contributed by atoms with E-state index in [1.54, 1.807) is 24.3 Å². The van der Waals surface area contributed by atoms with E-state index in [0.717, 1.165) is 9.37 Å². The Kier molecular flexibility index (Phi) is 5.81. The van der Waals surface area contributed by atoms with Crippen LogP contribution in [0.1, 0.15) is 0 Å². The summed E-state index contributed by atoms with van der Waals surface area (Å²) in [6, 6.07) is 10.5. The topological polar surface area (TPSA) is 55.1 Å². The number of benzene rings is 2. The van der Waals surface area contributed by atoms with Crippen molar-refractivity contribution in [1.82, 2.24) is 0 Å². The highest BCUT2D eigenvalue weighted by molar-refractivity contribution is 9.10. The third kappa shape index (κ3) is 4.81. The Morgan fingerprint density at radius 3 is 2.71 bits per heavy atom. The lowest BCUT2D eigenvalue weighted by atomic mass is 10.3. The van der Waals surface area contributed by atoms with Crippen molar-refractivity contribution in [3.05, 3.63) is 50.9 Å². The summed E-state index contributed by atoms with van der Waals surface area (Å²) in [5, 5.41) is 3.68. The number of carbonyl (C=O) groups excluding carboxylic acids is 1. The summed E-state index contributed by atoms with van der Waals surface area (Å²) in [4.78, 5) is 12.8. The first-order valence-corrected chi connectivity index (χ1v) is 8.42. The number of rotatable bonds is 4. The molecule has 0 unspecified atom stereocenters. The number of anilines is 2. The molecule has 2 aromatic carbocycles. The van der Waals surface area contributed by atoms with E-state index in [2.05, 4.69) is 21.2 Å². The fraction of sp³-hybridized carbons (Fsp3) is 0.0714. The van der Waals surface area contributed by atoms with E-state index in [9.17, 15) is 4.79 Å². The number of carbonyl (C=O) groups is 1. The van der Waals surface area contributed by atoms with Crippen LogP contribution in [-0.2, 0) is 4.79 Å². The van der Waals surface area contributed by atoms with E-state index in [1.807, 2.05) is 12.1 Å². The van der Waals surface area contributed by atoms with Gasteiger partial charge in [0.1, 0.15) is 0 Å². The number of hydrogen-bond donors (Lipinski definition) is 2. The van der Waals surface area contributed by atoms with Gasteiger partial charge in [-0.2, -0.15) is 0 Å². The van der Waals surface area contributed by atoms with Gasteiger partial charge in [0, 0.05) is 20.1 Å². The maximum atomic E-state index is 11.9. The van der Waals surface area contributed by atoms with Crippen molar-refractivity contribution >= 4 is 68.2 Å². The monoisotopic (exact) mass is 404 g/mol. The first-order valence-electron chi connectivity index (χ1n) is 5.88. The molecule has 0 saturated heterocycles. The first-order chi connectivity index (χ1) is 9.95. The molecular weight excluding hydrogens is 395 g/mol. The molecule has 0 aromatic heterocycles. The first kappa shape index (κ1) is 16.5. The van der Waals surface area contributed by atoms with E-state index in [-0.39, 0.29) is 11.7 Å². The van der Waals surface area contributed by atoms with E-state index in [4.69, 9.17) is 28.9 Å². The molecule has 21 heavy (non-hydrogen) atoms. The molecule has 110 valence electrons. The van der Waals surface area contributed by atoms with Gasteiger partial charge in [-0.05, 0) is 36.4 Å². The molecule has 3 N–H and O–H groups in total. The van der Waals surface area contributed by atoms with Gasteiger partial charge in [0.25, 0.3) is 0 Å². The maximum Gasteiger partial charge on any atom is 0.234 e. The Balaban J connectivity index is 1.97. The second-order valence-corrected chi connectivity index (χ2v) is 6.92. The van der Waals surface area contributed by atoms with E-state index >= 15 is 0 Å². The number of thioether (sulfide) groups is 1. The van der Waals surface area contributed by atoms with Crippen LogP contribution < -0.4 is 11.1 Å².